The second-order valence-corrected chi connectivity index (χ2v) is 11.0. The van der Waals surface area contributed by atoms with Gasteiger partial charge in [0.15, 0.2) is 4.90 Å². The number of halogens is 1. The molecule has 0 aliphatic heterocycles. The molecule has 9 heteroatoms. The van der Waals surface area contributed by atoms with Crippen molar-refractivity contribution in [2.75, 3.05) is 0 Å². The van der Waals surface area contributed by atoms with Crippen LogP contribution in [0.25, 0.3) is 11.1 Å². The van der Waals surface area contributed by atoms with E-state index in [1.165, 1.54) is 22.8 Å². The van der Waals surface area contributed by atoms with Gasteiger partial charge in [-0.25, -0.2) is 12.8 Å². The molecular weight excluding hydrogens is 505 g/mol. The first kappa shape index (κ1) is 27.2. The van der Waals surface area contributed by atoms with Crippen LogP contribution in [0, 0.1) is 12.7 Å². The third-order valence-electron chi connectivity index (χ3n) is 6.60. The molecule has 2 aromatic heterocycles. The van der Waals surface area contributed by atoms with E-state index < -0.39 is 38.0 Å². The number of unbranched alkanes of at least 4 members (excludes halogenated alkanes) is 1. The van der Waals surface area contributed by atoms with Crippen LogP contribution >= 0.6 is 0 Å². The monoisotopic (exact) mass is 535 g/mol. The molecule has 0 spiro atoms. The van der Waals surface area contributed by atoms with Crippen molar-refractivity contribution in [2.45, 2.75) is 62.3 Å². The number of aromatic hydroxyl groups is 1. The van der Waals surface area contributed by atoms with Crippen molar-refractivity contribution in [3.8, 4) is 17.0 Å². The molecule has 2 heterocycles. The van der Waals surface area contributed by atoms with Crippen LogP contribution in [0.1, 0.15) is 56.2 Å². The average molecular weight is 536 g/mol. The first-order chi connectivity index (χ1) is 18.2. The fourth-order valence-corrected chi connectivity index (χ4v) is 5.98. The predicted molar refractivity (Wildman–Crippen MR) is 143 cm³/mol. The maximum Gasteiger partial charge on any atom is 0.296 e. The average Bonchev–Trinajstić information content (AvgIpc) is 2.90. The fraction of sp³-hybridized carbons (Fsp3) is 0.276. The number of rotatable bonds is 9. The van der Waals surface area contributed by atoms with Crippen LogP contribution in [0.15, 0.2) is 81.4 Å². The summed E-state index contributed by atoms with van der Waals surface area (Å²) in [5.74, 6) is -1.02. The zero-order chi connectivity index (χ0) is 27.4. The number of hydrogen-bond acceptors (Lipinski definition) is 6. The van der Waals surface area contributed by atoms with Gasteiger partial charge in [-0.3, -0.25) is 14.3 Å². The van der Waals surface area contributed by atoms with E-state index in [4.69, 9.17) is 0 Å². The highest BCUT2D eigenvalue weighted by Gasteiger charge is 2.32. The van der Waals surface area contributed by atoms with E-state index in [1.54, 1.807) is 49.5 Å². The van der Waals surface area contributed by atoms with Crippen molar-refractivity contribution in [1.29, 1.82) is 0 Å². The zero-order valence-electron chi connectivity index (χ0n) is 21.6. The summed E-state index contributed by atoms with van der Waals surface area (Å²) in [6.07, 6.45) is 3.77. The molecule has 0 saturated heterocycles. The molecule has 0 unspecified atom stereocenters. The van der Waals surface area contributed by atoms with Crippen LogP contribution < -0.4 is 5.56 Å². The lowest BCUT2D eigenvalue weighted by atomic mass is 10.0. The third-order valence-corrected chi connectivity index (χ3v) is 8.39. The molecule has 4 aromatic rings. The lowest BCUT2D eigenvalue weighted by molar-refractivity contribution is 0.354. The Morgan fingerprint density at radius 2 is 1.74 bits per heavy atom. The van der Waals surface area contributed by atoms with Crippen LogP contribution in [-0.4, -0.2) is 28.1 Å². The minimum absolute atomic E-state index is 0.163. The molecule has 38 heavy (non-hydrogen) atoms. The van der Waals surface area contributed by atoms with Crippen molar-refractivity contribution in [2.24, 2.45) is 0 Å². The summed E-state index contributed by atoms with van der Waals surface area (Å²) in [5.41, 5.74) is 1.62. The van der Waals surface area contributed by atoms with Gasteiger partial charge in [0.2, 0.25) is 15.7 Å². The Hall–Kier alpha value is -3.85. The Balaban J connectivity index is 1.88. The third kappa shape index (κ3) is 5.11. The Labute approximate surface area is 221 Å². The van der Waals surface area contributed by atoms with E-state index in [2.05, 4.69) is 9.97 Å². The number of nitrogens with zero attached hydrogens (tertiary/aromatic N) is 3. The van der Waals surface area contributed by atoms with Crippen LogP contribution in [0.3, 0.4) is 0 Å². The summed E-state index contributed by atoms with van der Waals surface area (Å²) >= 11 is 0. The van der Waals surface area contributed by atoms with Gasteiger partial charge >= 0.3 is 0 Å². The van der Waals surface area contributed by atoms with Gasteiger partial charge in [-0.15, -0.1) is 0 Å². The molecule has 0 amide bonds. The van der Waals surface area contributed by atoms with E-state index in [0.29, 0.717) is 19.3 Å². The Kier molecular flexibility index (Phi) is 8.06. The van der Waals surface area contributed by atoms with Crippen molar-refractivity contribution >= 4 is 9.84 Å². The normalized spacial score (nSPS) is 12.4. The number of aromatic nitrogens is 3. The topological polar surface area (TPSA) is 102 Å². The SMILES string of the molecule is CCCCc1nc(=O)c(S(=O)(=O)c2ccc(-c3cccnc3C)cc2)c(O)n1[C@@H](CC)c1ccccc1F. The quantitative estimate of drug-likeness (QED) is 0.298. The van der Waals surface area contributed by atoms with Gasteiger partial charge in [0.1, 0.15) is 11.6 Å². The first-order valence-corrected chi connectivity index (χ1v) is 14.0. The highest BCUT2D eigenvalue weighted by Crippen LogP contribution is 2.34. The van der Waals surface area contributed by atoms with Crippen LogP contribution in [0.4, 0.5) is 4.39 Å². The van der Waals surface area contributed by atoms with E-state index in [9.17, 15) is 22.7 Å². The number of pyridine rings is 1. The van der Waals surface area contributed by atoms with E-state index >= 15 is 0 Å². The van der Waals surface area contributed by atoms with Crippen molar-refractivity contribution in [3.63, 3.8) is 0 Å². The lowest BCUT2D eigenvalue weighted by Gasteiger charge is -2.25. The van der Waals surface area contributed by atoms with Crippen LogP contribution in [0.5, 0.6) is 5.88 Å². The highest BCUT2D eigenvalue weighted by molar-refractivity contribution is 7.91. The summed E-state index contributed by atoms with van der Waals surface area (Å²) in [7, 11) is -4.46. The number of benzene rings is 2. The van der Waals surface area contributed by atoms with Crippen molar-refractivity contribution < 1.29 is 17.9 Å². The molecule has 198 valence electrons. The second-order valence-electron chi connectivity index (χ2n) is 9.07. The van der Waals surface area contributed by atoms with E-state index in [-0.39, 0.29) is 16.3 Å². The maximum atomic E-state index is 14.8. The summed E-state index contributed by atoms with van der Waals surface area (Å²) < 4.78 is 43.5. The van der Waals surface area contributed by atoms with E-state index in [1.807, 2.05) is 19.9 Å². The van der Waals surface area contributed by atoms with Gasteiger partial charge in [0.05, 0.1) is 10.9 Å². The molecule has 7 nitrogen and oxygen atoms in total. The van der Waals surface area contributed by atoms with Crippen molar-refractivity contribution in [1.82, 2.24) is 14.5 Å². The number of aryl methyl sites for hydroxylation is 2. The molecule has 0 aliphatic carbocycles. The van der Waals surface area contributed by atoms with Gasteiger partial charge in [-0.1, -0.05) is 56.7 Å². The Morgan fingerprint density at radius 3 is 2.37 bits per heavy atom. The maximum absolute atomic E-state index is 14.8. The fourth-order valence-electron chi connectivity index (χ4n) is 4.63. The van der Waals surface area contributed by atoms with Gasteiger partial charge in [0, 0.05) is 29.4 Å². The molecule has 0 saturated carbocycles. The largest absolute Gasteiger partial charge is 0.493 e. The first-order valence-electron chi connectivity index (χ1n) is 12.6. The molecule has 4 rings (SSSR count). The zero-order valence-corrected chi connectivity index (χ0v) is 22.4. The van der Waals surface area contributed by atoms with Crippen LogP contribution in [0.2, 0.25) is 0 Å². The van der Waals surface area contributed by atoms with Gasteiger partial charge in [0.25, 0.3) is 5.56 Å². The smallest absolute Gasteiger partial charge is 0.296 e. The molecule has 0 fully saturated rings. The van der Waals surface area contributed by atoms with E-state index in [0.717, 1.165) is 23.2 Å². The molecule has 2 aromatic carbocycles. The minimum Gasteiger partial charge on any atom is -0.493 e. The highest BCUT2D eigenvalue weighted by atomic mass is 32.2. The predicted octanol–water partition coefficient (Wildman–Crippen LogP) is 5.63. The summed E-state index contributed by atoms with van der Waals surface area (Å²) in [6.45, 7) is 5.61. The van der Waals surface area contributed by atoms with Crippen LogP contribution in [-0.2, 0) is 16.3 Å². The summed E-state index contributed by atoms with van der Waals surface area (Å²) in [6, 6.07) is 15.1. The minimum atomic E-state index is -4.46. The molecule has 0 bridgehead atoms. The Morgan fingerprint density at radius 1 is 1.03 bits per heavy atom. The number of sulfone groups is 1. The second kappa shape index (κ2) is 11.3. The molecule has 0 aliphatic rings. The Bertz CT molecular complexity index is 1620. The van der Waals surface area contributed by atoms with Gasteiger partial charge < -0.3 is 5.11 Å². The standard InChI is InChI=1S/C29H30FN3O4S/c1-4-6-13-26-32-28(34)27(29(35)33(26)25(5-2)23-10-7-8-12-24(23)30)38(36,37)21-16-14-20(15-17-21)22-11-9-18-31-19(22)3/h7-12,14-18,25,35H,4-6,13H2,1-3H3/t25-/m0/s1. The van der Waals surface area contributed by atoms with Gasteiger partial charge in [-0.2, -0.15) is 4.98 Å². The summed E-state index contributed by atoms with van der Waals surface area (Å²) in [4.78, 5) is 20.5. The molecule has 1 atom stereocenters. The van der Waals surface area contributed by atoms with Crippen molar-refractivity contribution in [3.05, 3.63) is 100 Å². The molecule has 0 radical (unpaired) electrons. The van der Waals surface area contributed by atoms with Gasteiger partial charge in [-0.05, 0) is 49.6 Å². The summed E-state index contributed by atoms with van der Waals surface area (Å²) in [5, 5.41) is 11.4. The molecule has 1 N–H and O–H groups in total. The lowest BCUT2D eigenvalue weighted by Crippen LogP contribution is -2.28. The number of hydrogen-bond donors (Lipinski definition) is 1. The molecular formula is C29H30FN3O4S.